The van der Waals surface area contributed by atoms with Crippen LogP contribution in [-0.2, 0) is 11.3 Å². The molecule has 0 unspecified atom stereocenters. The Bertz CT molecular complexity index is 571. The smallest absolute Gasteiger partial charge is 0.219 e. The van der Waals surface area contributed by atoms with Crippen LogP contribution in [0.15, 0.2) is 42.7 Å². The normalized spacial score (nSPS) is 10.2. The highest BCUT2D eigenvalue weighted by atomic mass is 16.1. The largest absolute Gasteiger partial charge is 0.370 e. The number of carbonyl (C=O) groups excluding carboxylic acids is 1. The van der Waals surface area contributed by atoms with Crippen molar-refractivity contribution in [2.75, 3.05) is 11.4 Å². The van der Waals surface area contributed by atoms with E-state index in [-0.39, 0.29) is 5.91 Å². The topological polar surface area (TPSA) is 72.1 Å². The number of hydrogen-bond donors (Lipinski definition) is 1. The zero-order valence-electron chi connectivity index (χ0n) is 11.5. The second kappa shape index (κ2) is 6.65. The first-order valence-electron chi connectivity index (χ1n) is 6.51. The van der Waals surface area contributed by atoms with E-state index in [4.69, 9.17) is 5.73 Å². The van der Waals surface area contributed by atoms with Crippen LogP contribution in [-0.4, -0.2) is 22.4 Å². The summed E-state index contributed by atoms with van der Waals surface area (Å²) in [6.45, 7) is 3.14. The molecule has 0 atom stereocenters. The molecule has 0 saturated heterocycles. The van der Waals surface area contributed by atoms with Gasteiger partial charge in [-0.3, -0.25) is 4.79 Å². The Labute approximate surface area is 118 Å². The van der Waals surface area contributed by atoms with E-state index < -0.39 is 0 Å². The van der Waals surface area contributed by atoms with E-state index in [2.05, 4.69) is 9.97 Å². The molecule has 2 N–H and O–H groups in total. The Morgan fingerprint density at radius 2 is 2.00 bits per heavy atom. The maximum Gasteiger partial charge on any atom is 0.219 e. The van der Waals surface area contributed by atoms with Crippen molar-refractivity contribution < 1.29 is 4.79 Å². The summed E-state index contributed by atoms with van der Waals surface area (Å²) in [7, 11) is 0. The Hall–Kier alpha value is -2.43. The summed E-state index contributed by atoms with van der Waals surface area (Å²) < 4.78 is 0. The molecule has 0 aliphatic rings. The molecule has 0 spiro atoms. The Morgan fingerprint density at radius 1 is 1.25 bits per heavy atom. The van der Waals surface area contributed by atoms with E-state index in [1.54, 1.807) is 0 Å². The number of aromatic nitrogens is 2. The molecule has 0 radical (unpaired) electrons. The summed E-state index contributed by atoms with van der Waals surface area (Å²) >= 11 is 0. The second-order valence-electron chi connectivity index (χ2n) is 4.64. The molecule has 1 heterocycles. The quantitative estimate of drug-likeness (QED) is 0.866. The third-order valence-corrected chi connectivity index (χ3v) is 2.96. The van der Waals surface area contributed by atoms with Gasteiger partial charge in [-0.2, -0.15) is 0 Å². The molecular formula is C15H18N4O. The van der Waals surface area contributed by atoms with Crippen LogP contribution in [0.4, 0.5) is 5.82 Å². The van der Waals surface area contributed by atoms with Crippen LogP contribution in [0.3, 0.4) is 0 Å². The molecule has 0 fully saturated rings. The van der Waals surface area contributed by atoms with Gasteiger partial charge < -0.3 is 10.6 Å². The number of rotatable bonds is 6. The highest BCUT2D eigenvalue weighted by Crippen LogP contribution is 2.15. The summed E-state index contributed by atoms with van der Waals surface area (Å²) in [5, 5.41) is 0. The third kappa shape index (κ3) is 4.05. The molecule has 5 nitrogen and oxygen atoms in total. The van der Waals surface area contributed by atoms with E-state index in [9.17, 15) is 4.79 Å². The average Bonchev–Trinajstić information content (AvgIpc) is 2.44. The van der Waals surface area contributed by atoms with Crippen molar-refractivity contribution >= 4 is 11.7 Å². The van der Waals surface area contributed by atoms with Crippen molar-refractivity contribution in [1.29, 1.82) is 0 Å². The minimum absolute atomic E-state index is 0.301. The van der Waals surface area contributed by atoms with Crippen LogP contribution < -0.4 is 10.6 Å². The van der Waals surface area contributed by atoms with Gasteiger partial charge in [-0.05, 0) is 12.5 Å². The molecule has 1 aromatic heterocycles. The molecule has 0 saturated carbocycles. The van der Waals surface area contributed by atoms with Crippen LogP contribution >= 0.6 is 0 Å². The molecular weight excluding hydrogens is 252 g/mol. The first kappa shape index (κ1) is 14.0. The maximum atomic E-state index is 11.0. The van der Waals surface area contributed by atoms with Gasteiger partial charge in [-0.25, -0.2) is 9.97 Å². The monoisotopic (exact) mass is 270 g/mol. The van der Waals surface area contributed by atoms with Crippen molar-refractivity contribution in [3.63, 3.8) is 0 Å². The van der Waals surface area contributed by atoms with Gasteiger partial charge in [0.05, 0.1) is 0 Å². The molecule has 0 aliphatic carbocycles. The summed E-state index contributed by atoms with van der Waals surface area (Å²) in [6.07, 6.45) is 1.84. The number of carbonyl (C=O) groups is 1. The Balaban J connectivity index is 2.18. The average molecular weight is 270 g/mol. The molecule has 20 heavy (non-hydrogen) atoms. The summed E-state index contributed by atoms with van der Waals surface area (Å²) in [4.78, 5) is 21.4. The number of anilines is 1. The van der Waals surface area contributed by atoms with Crippen LogP contribution in [0.5, 0.6) is 0 Å². The standard InChI is InChI=1S/C15H18N4O/c1-12-9-15(18-11-17-12)19(8-7-14(16)20)10-13-5-3-2-4-6-13/h2-6,9,11H,7-8,10H2,1H3,(H2,16,20). The van der Waals surface area contributed by atoms with E-state index in [1.807, 2.05) is 48.2 Å². The number of nitrogens with two attached hydrogens (primary N) is 1. The van der Waals surface area contributed by atoms with Crippen LogP contribution in [0.1, 0.15) is 17.7 Å². The van der Waals surface area contributed by atoms with Crippen molar-refractivity contribution in [2.45, 2.75) is 19.9 Å². The fourth-order valence-electron chi connectivity index (χ4n) is 1.94. The zero-order chi connectivity index (χ0) is 14.4. The van der Waals surface area contributed by atoms with Gasteiger partial charge in [0.25, 0.3) is 0 Å². The van der Waals surface area contributed by atoms with E-state index >= 15 is 0 Å². The first-order chi connectivity index (χ1) is 9.65. The fraction of sp³-hybridized carbons (Fsp3) is 0.267. The number of aryl methyl sites for hydroxylation is 1. The predicted molar refractivity (Wildman–Crippen MR) is 78.1 cm³/mol. The number of benzene rings is 1. The number of hydrogen-bond acceptors (Lipinski definition) is 4. The number of primary amides is 1. The minimum Gasteiger partial charge on any atom is -0.370 e. The highest BCUT2D eigenvalue weighted by molar-refractivity contribution is 5.74. The molecule has 104 valence electrons. The van der Waals surface area contributed by atoms with Gasteiger partial charge in [-0.1, -0.05) is 30.3 Å². The summed E-state index contributed by atoms with van der Waals surface area (Å²) in [6, 6.07) is 12.0. The lowest BCUT2D eigenvalue weighted by atomic mass is 10.2. The molecule has 1 aromatic carbocycles. The van der Waals surface area contributed by atoms with Crippen molar-refractivity contribution in [1.82, 2.24) is 9.97 Å². The zero-order valence-corrected chi connectivity index (χ0v) is 11.5. The van der Waals surface area contributed by atoms with Crippen LogP contribution in [0, 0.1) is 6.92 Å². The molecule has 2 aromatic rings. The van der Waals surface area contributed by atoms with Gasteiger partial charge in [0.2, 0.25) is 5.91 Å². The molecule has 5 heteroatoms. The SMILES string of the molecule is Cc1cc(N(CCC(N)=O)Cc2ccccc2)ncn1. The van der Waals surface area contributed by atoms with Gasteiger partial charge in [-0.15, -0.1) is 0 Å². The summed E-state index contributed by atoms with van der Waals surface area (Å²) in [5.41, 5.74) is 7.30. The van der Waals surface area contributed by atoms with E-state index in [0.717, 1.165) is 17.1 Å². The predicted octanol–water partition coefficient (Wildman–Crippen LogP) is 1.67. The van der Waals surface area contributed by atoms with Gasteiger partial charge in [0, 0.05) is 31.3 Å². The number of nitrogens with zero attached hydrogens (tertiary/aromatic N) is 3. The lowest BCUT2D eigenvalue weighted by Crippen LogP contribution is -2.28. The molecule has 0 bridgehead atoms. The lowest BCUT2D eigenvalue weighted by Gasteiger charge is -2.23. The number of amides is 1. The Morgan fingerprint density at radius 3 is 2.65 bits per heavy atom. The Kier molecular flexibility index (Phi) is 4.65. The summed E-state index contributed by atoms with van der Waals surface area (Å²) in [5.74, 6) is 0.497. The van der Waals surface area contributed by atoms with Gasteiger partial charge in [0.15, 0.2) is 0 Å². The van der Waals surface area contributed by atoms with Crippen LogP contribution in [0.25, 0.3) is 0 Å². The molecule has 0 aliphatic heterocycles. The maximum absolute atomic E-state index is 11.0. The lowest BCUT2D eigenvalue weighted by molar-refractivity contribution is -0.117. The van der Waals surface area contributed by atoms with Crippen molar-refractivity contribution in [2.24, 2.45) is 5.73 Å². The van der Waals surface area contributed by atoms with E-state index in [0.29, 0.717) is 19.5 Å². The van der Waals surface area contributed by atoms with Gasteiger partial charge >= 0.3 is 0 Å². The minimum atomic E-state index is -0.311. The second-order valence-corrected chi connectivity index (χ2v) is 4.64. The van der Waals surface area contributed by atoms with E-state index in [1.165, 1.54) is 6.33 Å². The van der Waals surface area contributed by atoms with Crippen molar-refractivity contribution in [3.8, 4) is 0 Å². The third-order valence-electron chi connectivity index (χ3n) is 2.96. The molecule has 1 amide bonds. The molecule has 2 rings (SSSR count). The highest BCUT2D eigenvalue weighted by Gasteiger charge is 2.10. The van der Waals surface area contributed by atoms with Crippen molar-refractivity contribution in [3.05, 3.63) is 54.0 Å². The fourth-order valence-corrected chi connectivity index (χ4v) is 1.94. The van der Waals surface area contributed by atoms with Crippen LogP contribution in [0.2, 0.25) is 0 Å². The first-order valence-corrected chi connectivity index (χ1v) is 6.51. The van der Waals surface area contributed by atoms with Gasteiger partial charge in [0.1, 0.15) is 12.1 Å².